The molecule has 1 saturated heterocycles. The third-order valence-corrected chi connectivity index (χ3v) is 3.96. The lowest BCUT2D eigenvalue weighted by molar-refractivity contribution is -0.121. The van der Waals surface area contributed by atoms with E-state index >= 15 is 0 Å². The Morgan fingerprint density at radius 2 is 2.46 bits per heavy atom. The lowest BCUT2D eigenvalue weighted by atomic mass is 9.97. The number of hydrogen-bond acceptors (Lipinski definition) is 7. The van der Waals surface area contributed by atoms with Gasteiger partial charge in [0.15, 0.2) is 0 Å². The third-order valence-electron chi connectivity index (χ3n) is 3.96. The van der Waals surface area contributed by atoms with Gasteiger partial charge in [-0.3, -0.25) is 9.48 Å². The molecule has 0 aliphatic carbocycles. The molecule has 130 valence electrons. The molecule has 1 amide bonds. The monoisotopic (exact) mass is 334 g/mol. The number of ether oxygens (including phenoxy) is 1. The molecule has 0 saturated carbocycles. The molecule has 2 aromatic heterocycles. The maximum absolute atomic E-state index is 11.9. The number of nitrogens with one attached hydrogen (secondary N) is 2. The van der Waals surface area contributed by atoms with Crippen LogP contribution in [0.1, 0.15) is 30.1 Å². The Kier molecular flexibility index (Phi) is 5.42. The maximum atomic E-state index is 11.9. The average Bonchev–Trinajstić information content (AvgIpc) is 3.22. The zero-order valence-corrected chi connectivity index (χ0v) is 13.7. The van der Waals surface area contributed by atoms with Gasteiger partial charge in [0.25, 0.3) is 5.88 Å². The summed E-state index contributed by atoms with van der Waals surface area (Å²) in [5, 5.41) is 17.9. The van der Waals surface area contributed by atoms with Crippen molar-refractivity contribution in [2.24, 2.45) is 0 Å². The van der Waals surface area contributed by atoms with Crippen LogP contribution in [0.15, 0.2) is 16.9 Å². The van der Waals surface area contributed by atoms with Gasteiger partial charge in [-0.1, -0.05) is 5.16 Å². The van der Waals surface area contributed by atoms with Gasteiger partial charge in [0.2, 0.25) is 5.91 Å². The van der Waals surface area contributed by atoms with Crippen molar-refractivity contribution in [3.8, 4) is 5.88 Å². The molecule has 3 heterocycles. The Balaban J connectivity index is 1.38. The largest absolute Gasteiger partial charge is 0.472 e. The van der Waals surface area contributed by atoms with Crippen molar-refractivity contribution in [2.45, 2.75) is 32.2 Å². The van der Waals surface area contributed by atoms with Gasteiger partial charge in [0.1, 0.15) is 18.8 Å². The minimum Gasteiger partial charge on any atom is -0.472 e. The molecule has 2 aromatic rings. The van der Waals surface area contributed by atoms with Gasteiger partial charge in [0, 0.05) is 18.7 Å². The molecule has 1 fully saturated rings. The smallest absolute Gasteiger partial charge is 0.278 e. The summed E-state index contributed by atoms with van der Waals surface area (Å²) < 4.78 is 11.5. The summed E-state index contributed by atoms with van der Waals surface area (Å²) in [4.78, 5) is 11.9. The summed E-state index contributed by atoms with van der Waals surface area (Å²) >= 11 is 0. The molecule has 2 N–H and O–H groups in total. The molecule has 1 aliphatic heterocycles. The van der Waals surface area contributed by atoms with E-state index in [2.05, 4.69) is 30.7 Å². The number of rotatable bonds is 7. The van der Waals surface area contributed by atoms with Gasteiger partial charge in [0.05, 0.1) is 12.2 Å². The highest BCUT2D eigenvalue weighted by Crippen LogP contribution is 2.21. The number of hydrogen-bond donors (Lipinski definition) is 2. The van der Waals surface area contributed by atoms with Crippen LogP contribution in [0.25, 0.3) is 0 Å². The molecule has 9 nitrogen and oxygen atoms in total. The molecule has 0 aromatic carbocycles. The van der Waals surface area contributed by atoms with E-state index in [1.54, 1.807) is 11.6 Å². The second kappa shape index (κ2) is 7.91. The Morgan fingerprint density at radius 1 is 1.54 bits per heavy atom. The van der Waals surface area contributed by atoms with Crippen LogP contribution in [0.3, 0.4) is 0 Å². The fourth-order valence-electron chi connectivity index (χ4n) is 2.68. The molecular formula is C15H22N6O3. The van der Waals surface area contributed by atoms with E-state index in [9.17, 15) is 4.79 Å². The summed E-state index contributed by atoms with van der Waals surface area (Å²) in [6.07, 6.45) is 4.16. The van der Waals surface area contributed by atoms with E-state index in [-0.39, 0.29) is 12.5 Å². The highest BCUT2D eigenvalue weighted by Gasteiger charge is 2.17. The van der Waals surface area contributed by atoms with Gasteiger partial charge < -0.3 is 15.4 Å². The number of nitrogens with zero attached hydrogens (tertiary/aromatic N) is 4. The van der Waals surface area contributed by atoms with Crippen molar-refractivity contribution in [1.29, 1.82) is 0 Å². The minimum atomic E-state index is -0.106. The number of aryl methyl sites for hydroxylation is 1. The van der Waals surface area contributed by atoms with Gasteiger partial charge in [-0.05, 0) is 37.5 Å². The molecule has 9 heteroatoms. The SMILES string of the molecule is Cc1nonc1OCCNC(=O)Cn1ccc([C@H]2CCCNC2)n1. The highest BCUT2D eigenvalue weighted by atomic mass is 16.6. The van der Waals surface area contributed by atoms with Crippen LogP contribution in [-0.2, 0) is 11.3 Å². The molecule has 1 aliphatic rings. The molecule has 24 heavy (non-hydrogen) atoms. The summed E-state index contributed by atoms with van der Waals surface area (Å²) in [6, 6.07) is 1.99. The average molecular weight is 334 g/mol. The predicted molar refractivity (Wildman–Crippen MR) is 84.6 cm³/mol. The summed E-state index contributed by atoms with van der Waals surface area (Å²) in [7, 11) is 0. The molecule has 0 unspecified atom stereocenters. The van der Waals surface area contributed by atoms with Crippen molar-refractivity contribution in [3.63, 3.8) is 0 Å². The first-order chi connectivity index (χ1) is 11.7. The fraction of sp³-hybridized carbons (Fsp3) is 0.600. The summed E-state index contributed by atoms with van der Waals surface area (Å²) in [5.41, 5.74) is 1.63. The Morgan fingerprint density at radius 3 is 3.21 bits per heavy atom. The highest BCUT2D eigenvalue weighted by molar-refractivity contribution is 5.75. The second-order valence-electron chi connectivity index (χ2n) is 5.83. The fourth-order valence-corrected chi connectivity index (χ4v) is 2.68. The number of carbonyl (C=O) groups is 1. The first-order valence-electron chi connectivity index (χ1n) is 8.15. The van der Waals surface area contributed by atoms with Crippen LogP contribution in [0.4, 0.5) is 0 Å². The van der Waals surface area contributed by atoms with Crippen molar-refractivity contribution in [2.75, 3.05) is 26.2 Å². The minimum absolute atomic E-state index is 0.106. The van der Waals surface area contributed by atoms with E-state index in [4.69, 9.17) is 4.74 Å². The van der Waals surface area contributed by atoms with E-state index < -0.39 is 0 Å². The number of amides is 1. The van der Waals surface area contributed by atoms with Gasteiger partial charge in [-0.15, -0.1) is 0 Å². The first-order valence-corrected chi connectivity index (χ1v) is 8.15. The summed E-state index contributed by atoms with van der Waals surface area (Å²) in [5.74, 6) is 0.683. The molecule has 3 rings (SSSR count). The van der Waals surface area contributed by atoms with Gasteiger partial charge >= 0.3 is 0 Å². The first kappa shape index (κ1) is 16.4. The standard InChI is InChI=1S/C15H22N6O3/c1-11-15(20-24-19-11)23-8-6-17-14(22)10-21-7-4-13(18-21)12-3-2-5-16-9-12/h4,7,12,16H,2-3,5-6,8-10H2,1H3,(H,17,22)/t12-/m0/s1. The predicted octanol–water partition coefficient (Wildman–Crippen LogP) is 0.237. The Labute approximate surface area is 139 Å². The number of aromatic nitrogens is 4. The molecule has 0 spiro atoms. The van der Waals surface area contributed by atoms with E-state index in [1.807, 2.05) is 12.3 Å². The maximum Gasteiger partial charge on any atom is 0.278 e. The molecule has 0 bridgehead atoms. The van der Waals surface area contributed by atoms with E-state index in [1.165, 1.54) is 6.42 Å². The zero-order chi connectivity index (χ0) is 16.8. The van der Waals surface area contributed by atoms with E-state index in [0.717, 1.165) is 25.2 Å². The topological polar surface area (TPSA) is 107 Å². The number of carbonyl (C=O) groups excluding carboxylic acids is 1. The number of piperidine rings is 1. The van der Waals surface area contributed by atoms with Crippen molar-refractivity contribution in [3.05, 3.63) is 23.7 Å². The van der Waals surface area contributed by atoms with Gasteiger partial charge in [-0.2, -0.15) is 5.10 Å². The van der Waals surface area contributed by atoms with Crippen molar-refractivity contribution in [1.82, 2.24) is 30.7 Å². The Hall–Kier alpha value is -2.42. The normalized spacial score (nSPS) is 17.6. The van der Waals surface area contributed by atoms with Crippen LogP contribution in [0, 0.1) is 6.92 Å². The van der Waals surface area contributed by atoms with Crippen LogP contribution in [0.5, 0.6) is 5.88 Å². The van der Waals surface area contributed by atoms with Crippen molar-refractivity contribution >= 4 is 5.91 Å². The third kappa shape index (κ3) is 4.31. The lowest BCUT2D eigenvalue weighted by Crippen LogP contribution is -2.31. The molecule has 1 atom stereocenters. The Bertz CT molecular complexity index is 662. The quantitative estimate of drug-likeness (QED) is 0.698. The van der Waals surface area contributed by atoms with Gasteiger partial charge in [-0.25, -0.2) is 4.63 Å². The lowest BCUT2D eigenvalue weighted by Gasteiger charge is -2.20. The van der Waals surface area contributed by atoms with E-state index in [0.29, 0.717) is 30.6 Å². The van der Waals surface area contributed by atoms with Crippen LogP contribution >= 0.6 is 0 Å². The second-order valence-corrected chi connectivity index (χ2v) is 5.83. The molecule has 0 radical (unpaired) electrons. The van der Waals surface area contributed by atoms with Crippen LogP contribution in [-0.4, -0.2) is 52.2 Å². The summed E-state index contributed by atoms with van der Waals surface area (Å²) in [6.45, 7) is 4.65. The van der Waals surface area contributed by atoms with Crippen molar-refractivity contribution < 1.29 is 14.2 Å². The molecular weight excluding hydrogens is 312 g/mol. The van der Waals surface area contributed by atoms with Crippen LogP contribution < -0.4 is 15.4 Å². The van der Waals surface area contributed by atoms with Crippen LogP contribution in [0.2, 0.25) is 0 Å². The zero-order valence-electron chi connectivity index (χ0n) is 13.7.